The van der Waals surface area contributed by atoms with Gasteiger partial charge in [0, 0.05) is 18.5 Å². The summed E-state index contributed by atoms with van der Waals surface area (Å²) in [5.41, 5.74) is 6.67. The first kappa shape index (κ1) is 11.9. The molecular formula is C17H19N3. The zero-order valence-electron chi connectivity index (χ0n) is 12.0. The average Bonchev–Trinajstić information content (AvgIpc) is 2.68. The third-order valence-electron chi connectivity index (χ3n) is 4.48. The molecule has 3 nitrogen and oxygen atoms in total. The van der Waals surface area contributed by atoms with E-state index in [4.69, 9.17) is 5.10 Å². The van der Waals surface area contributed by atoms with Crippen LogP contribution in [0.1, 0.15) is 23.4 Å². The van der Waals surface area contributed by atoms with E-state index in [1.807, 2.05) is 0 Å². The molecule has 1 N–H and O–H groups in total. The monoisotopic (exact) mass is 265 g/mol. The first-order valence-corrected chi connectivity index (χ1v) is 7.22. The predicted molar refractivity (Wildman–Crippen MR) is 80.9 cm³/mol. The number of rotatable bonds is 2. The van der Waals surface area contributed by atoms with Gasteiger partial charge in [-0.3, -0.25) is 0 Å². The van der Waals surface area contributed by atoms with Crippen molar-refractivity contribution in [2.75, 3.05) is 13.1 Å². The molecule has 1 spiro atoms. The van der Waals surface area contributed by atoms with Crippen molar-refractivity contribution in [2.45, 2.75) is 20.3 Å². The summed E-state index contributed by atoms with van der Waals surface area (Å²) >= 11 is 0. The van der Waals surface area contributed by atoms with E-state index in [-0.39, 0.29) is 0 Å². The van der Waals surface area contributed by atoms with Gasteiger partial charge in [-0.15, -0.1) is 0 Å². The maximum absolute atomic E-state index is 4.70. The molecule has 2 heterocycles. The quantitative estimate of drug-likeness (QED) is 0.905. The van der Waals surface area contributed by atoms with Crippen molar-refractivity contribution in [2.24, 2.45) is 5.41 Å². The molecule has 0 radical (unpaired) electrons. The molecule has 0 unspecified atom stereocenters. The smallest absolute Gasteiger partial charge is 0.0700 e. The second-order valence-corrected chi connectivity index (χ2v) is 6.18. The number of nitrogens with zero attached hydrogens (tertiary/aromatic N) is 2. The first-order valence-electron chi connectivity index (χ1n) is 7.22. The number of hydrogen-bond acceptors (Lipinski definition) is 2. The van der Waals surface area contributed by atoms with Crippen molar-refractivity contribution in [3.63, 3.8) is 0 Å². The number of nitrogens with one attached hydrogen (secondary N) is 1. The molecule has 2 aliphatic rings. The number of para-hydroxylation sites is 1. The molecule has 1 aromatic heterocycles. The Balaban J connectivity index is 1.79. The van der Waals surface area contributed by atoms with Crippen LogP contribution in [0.3, 0.4) is 0 Å². The number of hydrogen-bond donors (Lipinski definition) is 1. The van der Waals surface area contributed by atoms with Crippen molar-refractivity contribution in [3.05, 3.63) is 53.4 Å². The highest BCUT2D eigenvalue weighted by atomic mass is 15.3. The molecule has 1 aromatic carbocycles. The highest BCUT2D eigenvalue weighted by Gasteiger charge is 2.43. The molecule has 0 saturated carbocycles. The van der Waals surface area contributed by atoms with E-state index >= 15 is 0 Å². The van der Waals surface area contributed by atoms with Crippen molar-refractivity contribution in [1.82, 2.24) is 15.1 Å². The van der Waals surface area contributed by atoms with E-state index in [1.54, 1.807) is 0 Å². The van der Waals surface area contributed by atoms with Crippen LogP contribution in [-0.2, 0) is 0 Å². The Kier molecular flexibility index (Phi) is 2.42. The van der Waals surface area contributed by atoms with Crippen LogP contribution in [0.4, 0.5) is 0 Å². The fraction of sp³-hybridized carbons (Fsp3) is 0.353. The molecule has 1 fully saturated rings. The van der Waals surface area contributed by atoms with E-state index in [1.165, 1.54) is 28.9 Å². The fourth-order valence-corrected chi connectivity index (χ4v) is 3.27. The summed E-state index contributed by atoms with van der Waals surface area (Å²) in [6, 6.07) is 10.6. The minimum atomic E-state index is 0.448. The van der Waals surface area contributed by atoms with Gasteiger partial charge in [-0.05, 0) is 43.5 Å². The second kappa shape index (κ2) is 4.06. The summed E-state index contributed by atoms with van der Waals surface area (Å²) in [6.07, 6.45) is 3.62. The molecule has 1 aliphatic heterocycles. The van der Waals surface area contributed by atoms with Gasteiger partial charge in [0.2, 0.25) is 0 Å². The molecule has 3 heteroatoms. The van der Waals surface area contributed by atoms with Crippen LogP contribution in [0.2, 0.25) is 0 Å². The summed E-state index contributed by atoms with van der Waals surface area (Å²) < 4.78 is 2.11. The lowest BCUT2D eigenvalue weighted by Crippen LogP contribution is -2.55. The second-order valence-electron chi connectivity index (χ2n) is 6.18. The Morgan fingerprint density at radius 1 is 1.20 bits per heavy atom. The minimum Gasteiger partial charge on any atom is -0.315 e. The Morgan fingerprint density at radius 2 is 1.95 bits per heavy atom. The van der Waals surface area contributed by atoms with Crippen LogP contribution in [0.15, 0.2) is 36.4 Å². The molecule has 20 heavy (non-hydrogen) atoms. The van der Waals surface area contributed by atoms with Gasteiger partial charge in [0.25, 0.3) is 0 Å². The lowest BCUT2D eigenvalue weighted by Gasteiger charge is -2.47. The number of aryl methyl sites for hydroxylation is 2. The lowest BCUT2D eigenvalue weighted by atomic mass is 9.66. The van der Waals surface area contributed by atoms with E-state index in [2.05, 4.69) is 60.3 Å². The van der Waals surface area contributed by atoms with Crippen LogP contribution < -0.4 is 5.32 Å². The first-order chi connectivity index (χ1) is 9.67. The van der Waals surface area contributed by atoms with Crippen LogP contribution in [0.25, 0.3) is 11.3 Å². The van der Waals surface area contributed by atoms with Crippen molar-refractivity contribution in [3.8, 4) is 5.69 Å². The van der Waals surface area contributed by atoms with E-state index < -0.39 is 0 Å². The zero-order valence-corrected chi connectivity index (χ0v) is 12.0. The van der Waals surface area contributed by atoms with Gasteiger partial charge in [0.15, 0.2) is 0 Å². The standard InChI is InChI=1S/C17H19N3/c1-12-5-3-4-6-15(12)20-16(7-13(2)19-20)14-8-17(9-14)10-18-11-17/h3-8,18H,9-11H2,1-2H3. The fourth-order valence-electron chi connectivity index (χ4n) is 3.27. The highest BCUT2D eigenvalue weighted by Crippen LogP contribution is 2.47. The maximum atomic E-state index is 4.70. The number of aromatic nitrogens is 2. The summed E-state index contributed by atoms with van der Waals surface area (Å²) in [5, 5.41) is 8.07. The molecule has 2 aromatic rings. The number of benzene rings is 1. The van der Waals surface area contributed by atoms with E-state index in [0.717, 1.165) is 18.8 Å². The third kappa shape index (κ3) is 1.66. The Hall–Kier alpha value is -1.87. The van der Waals surface area contributed by atoms with Crippen molar-refractivity contribution < 1.29 is 0 Å². The minimum absolute atomic E-state index is 0.448. The number of allylic oxidation sites excluding steroid dienone is 1. The van der Waals surface area contributed by atoms with Gasteiger partial charge >= 0.3 is 0 Å². The Labute approximate surface area is 119 Å². The van der Waals surface area contributed by atoms with Crippen molar-refractivity contribution >= 4 is 5.57 Å². The largest absolute Gasteiger partial charge is 0.315 e. The van der Waals surface area contributed by atoms with E-state index in [0.29, 0.717) is 5.41 Å². The molecule has 0 bridgehead atoms. The summed E-state index contributed by atoms with van der Waals surface area (Å²) in [6.45, 7) is 6.47. The van der Waals surface area contributed by atoms with E-state index in [9.17, 15) is 0 Å². The summed E-state index contributed by atoms with van der Waals surface area (Å²) in [7, 11) is 0. The van der Waals surface area contributed by atoms with Crippen LogP contribution >= 0.6 is 0 Å². The third-order valence-corrected chi connectivity index (χ3v) is 4.48. The normalized spacial score (nSPS) is 19.4. The molecule has 4 rings (SSSR count). The lowest BCUT2D eigenvalue weighted by molar-refractivity contribution is 0.225. The molecule has 102 valence electrons. The van der Waals surface area contributed by atoms with Crippen molar-refractivity contribution in [1.29, 1.82) is 0 Å². The SMILES string of the molecule is Cc1cc(C2=CC3(CNC3)C2)n(-c2ccccc2C)n1. The topological polar surface area (TPSA) is 29.9 Å². The zero-order chi connectivity index (χ0) is 13.7. The molecule has 0 amide bonds. The molecule has 1 saturated heterocycles. The Morgan fingerprint density at radius 3 is 2.60 bits per heavy atom. The predicted octanol–water partition coefficient (Wildman–Crippen LogP) is 2.87. The van der Waals surface area contributed by atoms with Crippen LogP contribution in [0.5, 0.6) is 0 Å². The van der Waals surface area contributed by atoms with Gasteiger partial charge in [-0.2, -0.15) is 5.10 Å². The van der Waals surface area contributed by atoms with Crippen LogP contribution in [0, 0.1) is 19.3 Å². The molecular weight excluding hydrogens is 246 g/mol. The molecule has 1 aliphatic carbocycles. The summed E-state index contributed by atoms with van der Waals surface area (Å²) in [4.78, 5) is 0. The van der Waals surface area contributed by atoms with Crippen LogP contribution in [-0.4, -0.2) is 22.9 Å². The Bertz CT molecular complexity index is 705. The van der Waals surface area contributed by atoms with Gasteiger partial charge in [0.05, 0.1) is 17.1 Å². The van der Waals surface area contributed by atoms with Gasteiger partial charge in [-0.25, -0.2) is 4.68 Å². The average molecular weight is 265 g/mol. The molecule has 0 atom stereocenters. The highest BCUT2D eigenvalue weighted by molar-refractivity contribution is 5.73. The van der Waals surface area contributed by atoms with Gasteiger partial charge in [-0.1, -0.05) is 24.3 Å². The van der Waals surface area contributed by atoms with Gasteiger partial charge < -0.3 is 5.32 Å². The summed E-state index contributed by atoms with van der Waals surface area (Å²) in [5.74, 6) is 0. The maximum Gasteiger partial charge on any atom is 0.0700 e. The van der Waals surface area contributed by atoms with Gasteiger partial charge in [0.1, 0.15) is 0 Å².